The second-order valence-corrected chi connectivity index (χ2v) is 6.58. The van der Waals surface area contributed by atoms with E-state index in [0.29, 0.717) is 18.0 Å². The van der Waals surface area contributed by atoms with Crippen LogP contribution in [0, 0.1) is 5.92 Å². The van der Waals surface area contributed by atoms with Crippen LogP contribution in [0.2, 0.25) is 0 Å². The molecule has 6 nitrogen and oxygen atoms in total. The maximum absolute atomic E-state index is 12.8. The predicted octanol–water partition coefficient (Wildman–Crippen LogP) is 1.89. The summed E-state index contributed by atoms with van der Waals surface area (Å²) in [6, 6.07) is 5.68. The number of carbonyl (C=O) groups excluding carboxylic acids is 1. The van der Waals surface area contributed by atoms with Crippen LogP contribution in [0.15, 0.2) is 18.2 Å². The molecule has 1 heterocycles. The van der Waals surface area contributed by atoms with E-state index >= 15 is 0 Å². The summed E-state index contributed by atoms with van der Waals surface area (Å²) in [5.74, 6) is 1.33. The Morgan fingerprint density at radius 2 is 1.88 bits per heavy atom. The summed E-state index contributed by atoms with van der Waals surface area (Å²) in [4.78, 5) is 15.1. The van der Waals surface area contributed by atoms with E-state index in [1.165, 1.54) is 0 Å². The number of nitrogens with zero attached hydrogens (tertiary/aromatic N) is 1. The molecule has 0 aliphatic carbocycles. The molecule has 1 atom stereocenters. The molecule has 25 heavy (non-hydrogen) atoms. The fraction of sp³-hybridized carbons (Fsp3) is 0.632. The van der Waals surface area contributed by atoms with Gasteiger partial charge in [-0.25, -0.2) is 0 Å². The second-order valence-electron chi connectivity index (χ2n) is 6.58. The van der Waals surface area contributed by atoms with Gasteiger partial charge in [0.05, 0.1) is 33.4 Å². The van der Waals surface area contributed by atoms with Gasteiger partial charge in [-0.1, -0.05) is 19.9 Å². The summed E-state index contributed by atoms with van der Waals surface area (Å²) in [5.41, 5.74) is 0.941. The van der Waals surface area contributed by atoms with Crippen molar-refractivity contribution >= 4 is 5.91 Å². The van der Waals surface area contributed by atoms with E-state index in [-0.39, 0.29) is 17.7 Å². The van der Waals surface area contributed by atoms with Gasteiger partial charge >= 0.3 is 0 Å². The Kier molecular flexibility index (Phi) is 7.52. The third-order valence-electron chi connectivity index (χ3n) is 4.55. The van der Waals surface area contributed by atoms with Crippen molar-refractivity contribution in [1.82, 2.24) is 10.2 Å². The molecule has 1 saturated heterocycles. The Hall–Kier alpha value is -1.79. The van der Waals surface area contributed by atoms with Gasteiger partial charge in [0.25, 0.3) is 0 Å². The van der Waals surface area contributed by atoms with Crippen molar-refractivity contribution in [3.63, 3.8) is 0 Å². The van der Waals surface area contributed by atoms with E-state index in [4.69, 9.17) is 14.2 Å². The number of benzene rings is 1. The standard InChI is InChI=1S/C19H30N2O4/c1-14(2)18(15-5-6-16(23-3)17(13-15)24-4)19(22)20-7-8-21-9-11-25-12-10-21/h5-6,13-14,18H,7-12H2,1-4H3,(H,20,22). The summed E-state index contributed by atoms with van der Waals surface area (Å²) < 4.78 is 16.0. The van der Waals surface area contributed by atoms with Crippen LogP contribution in [-0.4, -0.2) is 64.4 Å². The van der Waals surface area contributed by atoms with Gasteiger partial charge in [0, 0.05) is 26.2 Å². The molecule has 0 radical (unpaired) electrons. The first-order valence-corrected chi connectivity index (χ1v) is 8.86. The lowest BCUT2D eigenvalue weighted by molar-refractivity contribution is -0.123. The van der Waals surface area contributed by atoms with Crippen molar-refractivity contribution in [2.45, 2.75) is 19.8 Å². The molecule has 1 aromatic carbocycles. The summed E-state index contributed by atoms with van der Waals surface area (Å²) in [6.07, 6.45) is 0. The SMILES string of the molecule is COc1ccc(C(C(=O)NCCN2CCOCC2)C(C)C)cc1OC. The number of ether oxygens (including phenoxy) is 3. The molecule has 1 aliphatic heterocycles. The van der Waals surface area contributed by atoms with Crippen LogP contribution in [0.25, 0.3) is 0 Å². The molecule has 140 valence electrons. The highest BCUT2D eigenvalue weighted by molar-refractivity contribution is 5.84. The number of carbonyl (C=O) groups is 1. The fourth-order valence-corrected chi connectivity index (χ4v) is 3.16. The Bertz CT molecular complexity index is 556. The van der Waals surface area contributed by atoms with E-state index in [0.717, 1.165) is 38.4 Å². The third-order valence-corrected chi connectivity index (χ3v) is 4.55. The molecule has 1 aliphatic rings. The highest BCUT2D eigenvalue weighted by Gasteiger charge is 2.25. The van der Waals surface area contributed by atoms with E-state index in [1.807, 2.05) is 18.2 Å². The van der Waals surface area contributed by atoms with Crippen molar-refractivity contribution in [2.24, 2.45) is 5.92 Å². The fourth-order valence-electron chi connectivity index (χ4n) is 3.16. The quantitative estimate of drug-likeness (QED) is 0.776. The lowest BCUT2D eigenvalue weighted by Gasteiger charge is -2.27. The molecule has 6 heteroatoms. The van der Waals surface area contributed by atoms with E-state index < -0.39 is 0 Å². The molecule has 0 aromatic heterocycles. The number of methoxy groups -OCH3 is 2. The van der Waals surface area contributed by atoms with Gasteiger partial charge in [0.1, 0.15) is 0 Å². The van der Waals surface area contributed by atoms with Crippen molar-refractivity contribution < 1.29 is 19.0 Å². The molecule has 1 N–H and O–H groups in total. The summed E-state index contributed by atoms with van der Waals surface area (Å²) in [7, 11) is 3.21. The van der Waals surface area contributed by atoms with Crippen LogP contribution in [-0.2, 0) is 9.53 Å². The topological polar surface area (TPSA) is 60.0 Å². The van der Waals surface area contributed by atoms with Gasteiger partial charge in [-0.15, -0.1) is 0 Å². The lowest BCUT2D eigenvalue weighted by Crippen LogP contribution is -2.42. The van der Waals surface area contributed by atoms with Gasteiger partial charge in [0.2, 0.25) is 5.91 Å². The highest BCUT2D eigenvalue weighted by Crippen LogP contribution is 2.33. The molecule has 0 spiro atoms. The van der Waals surface area contributed by atoms with Crippen LogP contribution in [0.5, 0.6) is 11.5 Å². The molecule has 2 rings (SSSR count). The molecule has 0 bridgehead atoms. The van der Waals surface area contributed by atoms with Crippen molar-refractivity contribution in [3.8, 4) is 11.5 Å². The Morgan fingerprint density at radius 1 is 1.20 bits per heavy atom. The first-order valence-electron chi connectivity index (χ1n) is 8.86. The van der Waals surface area contributed by atoms with Gasteiger partial charge in [-0.2, -0.15) is 0 Å². The Morgan fingerprint density at radius 3 is 2.48 bits per heavy atom. The molecular weight excluding hydrogens is 320 g/mol. The Labute approximate surface area is 150 Å². The molecule has 1 amide bonds. The van der Waals surface area contributed by atoms with Crippen LogP contribution in [0.1, 0.15) is 25.3 Å². The predicted molar refractivity (Wildman–Crippen MR) is 97.4 cm³/mol. The molecule has 0 saturated carbocycles. The van der Waals surface area contributed by atoms with Crippen LogP contribution < -0.4 is 14.8 Å². The average molecular weight is 350 g/mol. The summed E-state index contributed by atoms with van der Waals surface area (Å²) in [6.45, 7) is 9.02. The Balaban J connectivity index is 2.00. The number of morpholine rings is 1. The number of nitrogens with one attached hydrogen (secondary N) is 1. The largest absolute Gasteiger partial charge is 0.493 e. The minimum atomic E-state index is -0.218. The lowest BCUT2D eigenvalue weighted by atomic mass is 9.87. The summed E-state index contributed by atoms with van der Waals surface area (Å²) >= 11 is 0. The van der Waals surface area contributed by atoms with Crippen molar-refractivity contribution in [2.75, 3.05) is 53.6 Å². The smallest absolute Gasteiger partial charge is 0.227 e. The zero-order valence-corrected chi connectivity index (χ0v) is 15.7. The van der Waals surface area contributed by atoms with E-state index in [9.17, 15) is 4.79 Å². The van der Waals surface area contributed by atoms with Gasteiger partial charge in [0.15, 0.2) is 11.5 Å². The monoisotopic (exact) mass is 350 g/mol. The van der Waals surface area contributed by atoms with Crippen LogP contribution in [0.4, 0.5) is 0 Å². The van der Waals surface area contributed by atoms with Crippen molar-refractivity contribution in [3.05, 3.63) is 23.8 Å². The first-order chi connectivity index (χ1) is 12.1. The minimum absolute atomic E-state index is 0.0514. The second kappa shape index (κ2) is 9.63. The van der Waals surface area contributed by atoms with Gasteiger partial charge in [-0.05, 0) is 23.6 Å². The van der Waals surface area contributed by atoms with Crippen LogP contribution in [0.3, 0.4) is 0 Å². The zero-order chi connectivity index (χ0) is 18.2. The molecule has 1 aromatic rings. The molecule has 1 fully saturated rings. The number of hydrogen-bond donors (Lipinski definition) is 1. The first kappa shape index (κ1) is 19.5. The maximum Gasteiger partial charge on any atom is 0.227 e. The van der Waals surface area contributed by atoms with E-state index in [2.05, 4.69) is 24.1 Å². The van der Waals surface area contributed by atoms with E-state index in [1.54, 1.807) is 14.2 Å². The number of rotatable bonds is 8. The summed E-state index contributed by atoms with van der Waals surface area (Å²) in [5, 5.41) is 3.08. The highest BCUT2D eigenvalue weighted by atomic mass is 16.5. The van der Waals surface area contributed by atoms with Crippen molar-refractivity contribution in [1.29, 1.82) is 0 Å². The number of hydrogen-bond acceptors (Lipinski definition) is 5. The normalized spacial score (nSPS) is 16.5. The molecule has 1 unspecified atom stereocenters. The van der Waals surface area contributed by atoms with Crippen LogP contribution >= 0.6 is 0 Å². The third kappa shape index (κ3) is 5.34. The zero-order valence-electron chi connectivity index (χ0n) is 15.7. The van der Waals surface area contributed by atoms with Gasteiger partial charge in [-0.3, -0.25) is 9.69 Å². The number of amides is 1. The van der Waals surface area contributed by atoms with Gasteiger partial charge < -0.3 is 19.5 Å². The maximum atomic E-state index is 12.8. The average Bonchev–Trinajstić information content (AvgIpc) is 2.62. The minimum Gasteiger partial charge on any atom is -0.493 e. The molecular formula is C19H30N2O4.